The first-order chi connectivity index (χ1) is 8.47. The molecule has 7 heteroatoms. The highest BCUT2D eigenvalue weighted by atomic mass is 19.4. The van der Waals surface area contributed by atoms with Crippen LogP contribution in [0.5, 0.6) is 0 Å². The molecule has 0 atom stereocenters. The smallest absolute Gasteiger partial charge is 0.384 e. The Morgan fingerprint density at radius 1 is 1.39 bits per heavy atom. The molecule has 0 saturated carbocycles. The highest BCUT2D eigenvalue weighted by Crippen LogP contribution is 2.29. The van der Waals surface area contributed by atoms with Gasteiger partial charge in [-0.15, -0.1) is 0 Å². The summed E-state index contributed by atoms with van der Waals surface area (Å²) in [6, 6.07) is 0.879. The number of aromatic nitrogens is 2. The lowest BCUT2D eigenvalue weighted by Crippen LogP contribution is -2.18. The average Bonchev–Trinajstić information content (AvgIpc) is 2.69. The fourth-order valence-electron chi connectivity index (χ4n) is 2.09. The van der Waals surface area contributed by atoms with Crippen LogP contribution in [0, 0.1) is 5.92 Å². The molecular weight excluding hydrogens is 247 g/mol. The third-order valence-corrected chi connectivity index (χ3v) is 3.19. The summed E-state index contributed by atoms with van der Waals surface area (Å²) in [5.41, 5.74) is 4.61. The maximum Gasteiger partial charge on any atom is 0.435 e. The number of alkyl halides is 3. The van der Waals surface area contributed by atoms with Gasteiger partial charge >= 0.3 is 6.18 Å². The molecule has 2 rings (SSSR count). The number of nitrogen functional groups attached to an aromatic ring is 1. The molecule has 1 saturated heterocycles. The number of anilines is 1. The van der Waals surface area contributed by atoms with Gasteiger partial charge in [0, 0.05) is 25.8 Å². The molecule has 1 aromatic heterocycles. The molecule has 0 aliphatic carbocycles. The van der Waals surface area contributed by atoms with Gasteiger partial charge in [0.25, 0.3) is 0 Å². The number of nitrogens with two attached hydrogens (primary N) is 1. The van der Waals surface area contributed by atoms with Crippen molar-refractivity contribution in [2.75, 3.05) is 18.9 Å². The number of halogens is 3. The monoisotopic (exact) mass is 263 g/mol. The SMILES string of the molecule is Nc1cc(C(F)(F)F)nn1CCC1CCOCC1. The van der Waals surface area contributed by atoms with E-state index in [1.54, 1.807) is 0 Å². The number of hydrogen-bond donors (Lipinski definition) is 1. The Bertz CT molecular complexity index is 397. The molecular formula is C11H16F3N3O. The summed E-state index contributed by atoms with van der Waals surface area (Å²) in [6.45, 7) is 1.88. The zero-order valence-electron chi connectivity index (χ0n) is 9.91. The Morgan fingerprint density at radius 3 is 2.61 bits per heavy atom. The molecule has 2 heterocycles. The van der Waals surface area contributed by atoms with E-state index in [-0.39, 0.29) is 5.82 Å². The Balaban J connectivity index is 1.94. The first kappa shape index (κ1) is 13.2. The van der Waals surface area contributed by atoms with E-state index in [9.17, 15) is 13.2 Å². The van der Waals surface area contributed by atoms with E-state index in [0.717, 1.165) is 38.5 Å². The van der Waals surface area contributed by atoms with Crippen LogP contribution in [0.15, 0.2) is 6.07 Å². The number of aryl methyl sites for hydroxylation is 1. The van der Waals surface area contributed by atoms with Crippen LogP contribution in [0.1, 0.15) is 25.0 Å². The fourth-order valence-corrected chi connectivity index (χ4v) is 2.09. The van der Waals surface area contributed by atoms with Crippen LogP contribution >= 0.6 is 0 Å². The Labute approximate surface area is 103 Å². The van der Waals surface area contributed by atoms with Crippen molar-refractivity contribution in [3.05, 3.63) is 11.8 Å². The van der Waals surface area contributed by atoms with Gasteiger partial charge in [0.1, 0.15) is 5.82 Å². The lowest BCUT2D eigenvalue weighted by atomic mass is 9.97. The second-order valence-electron chi connectivity index (χ2n) is 4.52. The first-order valence-corrected chi connectivity index (χ1v) is 5.95. The topological polar surface area (TPSA) is 53.1 Å². The number of ether oxygens (including phenoxy) is 1. The average molecular weight is 263 g/mol. The largest absolute Gasteiger partial charge is 0.435 e. The summed E-state index contributed by atoms with van der Waals surface area (Å²) in [5, 5.41) is 3.50. The van der Waals surface area contributed by atoms with Crippen LogP contribution in [-0.4, -0.2) is 23.0 Å². The molecule has 1 aromatic rings. The second kappa shape index (κ2) is 5.17. The summed E-state index contributed by atoms with van der Waals surface area (Å²) >= 11 is 0. The van der Waals surface area contributed by atoms with Crippen LogP contribution < -0.4 is 5.73 Å². The van der Waals surface area contributed by atoms with E-state index in [0.29, 0.717) is 12.5 Å². The Kier molecular flexibility index (Phi) is 3.79. The molecule has 0 unspecified atom stereocenters. The summed E-state index contributed by atoms with van der Waals surface area (Å²) < 4.78 is 43.7. The van der Waals surface area contributed by atoms with Crippen molar-refractivity contribution in [2.45, 2.75) is 32.0 Å². The number of rotatable bonds is 3. The molecule has 0 spiro atoms. The predicted molar refractivity (Wildman–Crippen MR) is 59.8 cm³/mol. The molecule has 0 amide bonds. The van der Waals surface area contributed by atoms with E-state index in [2.05, 4.69) is 5.10 Å². The summed E-state index contributed by atoms with van der Waals surface area (Å²) in [4.78, 5) is 0. The molecule has 1 aliphatic heterocycles. The number of nitrogens with zero attached hydrogens (tertiary/aromatic N) is 2. The second-order valence-corrected chi connectivity index (χ2v) is 4.52. The van der Waals surface area contributed by atoms with Gasteiger partial charge in [-0.05, 0) is 25.2 Å². The van der Waals surface area contributed by atoms with Crippen molar-refractivity contribution in [1.82, 2.24) is 9.78 Å². The molecule has 102 valence electrons. The minimum Gasteiger partial charge on any atom is -0.384 e. The van der Waals surface area contributed by atoms with Crippen LogP contribution in [0.2, 0.25) is 0 Å². The quantitative estimate of drug-likeness (QED) is 0.910. The van der Waals surface area contributed by atoms with Crippen molar-refractivity contribution in [3.8, 4) is 0 Å². The summed E-state index contributed by atoms with van der Waals surface area (Å²) in [6.07, 6.45) is -1.74. The predicted octanol–water partition coefficient (Wildman–Crippen LogP) is 2.30. The van der Waals surface area contributed by atoms with Crippen LogP contribution in [0.4, 0.5) is 19.0 Å². The molecule has 0 bridgehead atoms. The maximum absolute atomic E-state index is 12.4. The van der Waals surface area contributed by atoms with Gasteiger partial charge in [-0.25, -0.2) is 4.68 Å². The lowest BCUT2D eigenvalue weighted by molar-refractivity contribution is -0.141. The van der Waals surface area contributed by atoms with Crippen LogP contribution in [0.3, 0.4) is 0 Å². The van der Waals surface area contributed by atoms with E-state index in [1.807, 2.05) is 0 Å². The Morgan fingerprint density at radius 2 is 2.06 bits per heavy atom. The Hall–Kier alpha value is -1.24. The van der Waals surface area contributed by atoms with Crippen molar-refractivity contribution in [3.63, 3.8) is 0 Å². The van der Waals surface area contributed by atoms with Gasteiger partial charge in [-0.2, -0.15) is 18.3 Å². The maximum atomic E-state index is 12.4. The summed E-state index contributed by atoms with van der Waals surface area (Å²) in [7, 11) is 0. The van der Waals surface area contributed by atoms with Crippen molar-refractivity contribution in [1.29, 1.82) is 0 Å². The minimum absolute atomic E-state index is 0.0642. The standard InChI is InChI=1S/C11H16F3N3O/c12-11(13,14)9-7-10(15)17(16-9)4-1-8-2-5-18-6-3-8/h7-8H,1-6,15H2. The molecule has 0 aromatic carbocycles. The zero-order valence-corrected chi connectivity index (χ0v) is 9.91. The third kappa shape index (κ3) is 3.16. The fraction of sp³-hybridized carbons (Fsp3) is 0.727. The molecule has 18 heavy (non-hydrogen) atoms. The van der Waals surface area contributed by atoms with Crippen molar-refractivity contribution < 1.29 is 17.9 Å². The minimum atomic E-state index is -4.43. The van der Waals surface area contributed by atoms with Gasteiger partial charge in [0.05, 0.1) is 0 Å². The molecule has 4 nitrogen and oxygen atoms in total. The van der Waals surface area contributed by atoms with Gasteiger partial charge in [0.15, 0.2) is 5.69 Å². The van der Waals surface area contributed by atoms with Gasteiger partial charge in [0.2, 0.25) is 0 Å². The molecule has 2 N–H and O–H groups in total. The molecule has 1 aliphatic rings. The summed E-state index contributed by atoms with van der Waals surface area (Å²) in [5.74, 6) is 0.547. The van der Waals surface area contributed by atoms with Crippen molar-refractivity contribution in [2.24, 2.45) is 5.92 Å². The van der Waals surface area contributed by atoms with Crippen molar-refractivity contribution >= 4 is 5.82 Å². The highest BCUT2D eigenvalue weighted by molar-refractivity contribution is 5.31. The third-order valence-electron chi connectivity index (χ3n) is 3.19. The van der Waals surface area contributed by atoms with E-state index >= 15 is 0 Å². The van der Waals surface area contributed by atoms with E-state index in [1.165, 1.54) is 4.68 Å². The number of hydrogen-bond acceptors (Lipinski definition) is 3. The van der Waals surface area contributed by atoms with E-state index < -0.39 is 11.9 Å². The first-order valence-electron chi connectivity index (χ1n) is 5.95. The molecule has 0 radical (unpaired) electrons. The lowest BCUT2D eigenvalue weighted by Gasteiger charge is -2.21. The van der Waals surface area contributed by atoms with Gasteiger partial charge in [-0.1, -0.05) is 0 Å². The van der Waals surface area contributed by atoms with Gasteiger partial charge < -0.3 is 10.5 Å². The van der Waals surface area contributed by atoms with Crippen LogP contribution in [0.25, 0.3) is 0 Å². The zero-order chi connectivity index (χ0) is 13.2. The van der Waals surface area contributed by atoms with E-state index in [4.69, 9.17) is 10.5 Å². The van der Waals surface area contributed by atoms with Crippen LogP contribution in [-0.2, 0) is 17.5 Å². The van der Waals surface area contributed by atoms with Gasteiger partial charge in [-0.3, -0.25) is 0 Å². The highest BCUT2D eigenvalue weighted by Gasteiger charge is 2.34. The normalized spacial score (nSPS) is 18.2. The molecule has 1 fully saturated rings.